The highest BCUT2D eigenvalue weighted by Gasteiger charge is 2.11. The molecule has 0 radical (unpaired) electrons. The first-order chi connectivity index (χ1) is 14.5. The molecule has 1 N–H and O–H groups in total. The van der Waals surface area contributed by atoms with Gasteiger partial charge in [0, 0.05) is 0 Å². The molecule has 1 aliphatic rings. The molecule has 31 heavy (non-hydrogen) atoms. The molecule has 170 valence electrons. The molecule has 0 saturated heterocycles. The molecule has 1 aliphatic carbocycles. The van der Waals surface area contributed by atoms with Crippen LogP contribution in [0.5, 0.6) is 5.75 Å². The maximum atomic E-state index is 9.46. The van der Waals surface area contributed by atoms with Gasteiger partial charge in [-0.2, -0.15) is 0 Å². The highest BCUT2D eigenvalue weighted by atomic mass is 16.3. The Kier molecular flexibility index (Phi) is 11.4. The summed E-state index contributed by atoms with van der Waals surface area (Å²) in [6.07, 6.45) is 6.17. The molecule has 0 fully saturated rings. The van der Waals surface area contributed by atoms with Gasteiger partial charge in [0.1, 0.15) is 5.75 Å². The summed E-state index contributed by atoms with van der Waals surface area (Å²) in [5.41, 5.74) is 7.79. The van der Waals surface area contributed by atoms with Gasteiger partial charge in [-0.25, -0.2) is 0 Å². The van der Waals surface area contributed by atoms with Crippen molar-refractivity contribution in [1.29, 1.82) is 0 Å². The van der Waals surface area contributed by atoms with E-state index < -0.39 is 0 Å². The molecule has 3 rings (SSSR count). The van der Waals surface area contributed by atoms with E-state index in [0.29, 0.717) is 17.6 Å². The van der Waals surface area contributed by atoms with Crippen LogP contribution in [-0.2, 0) is 0 Å². The van der Waals surface area contributed by atoms with Crippen molar-refractivity contribution in [3.63, 3.8) is 0 Å². The van der Waals surface area contributed by atoms with Crippen molar-refractivity contribution < 1.29 is 5.11 Å². The van der Waals surface area contributed by atoms with E-state index in [1.54, 1.807) is 11.6 Å². The maximum Gasteiger partial charge on any atom is 0.119 e. The van der Waals surface area contributed by atoms with E-state index in [1.807, 2.05) is 19.1 Å². The van der Waals surface area contributed by atoms with Crippen molar-refractivity contribution in [2.45, 2.75) is 86.5 Å². The molecule has 0 aromatic heterocycles. The van der Waals surface area contributed by atoms with Crippen molar-refractivity contribution in [2.24, 2.45) is 5.92 Å². The molecule has 0 aliphatic heterocycles. The molecule has 0 unspecified atom stereocenters. The van der Waals surface area contributed by atoms with Gasteiger partial charge >= 0.3 is 0 Å². The Labute approximate surface area is 191 Å². The highest BCUT2D eigenvalue weighted by Crippen LogP contribution is 2.27. The Hall–Kier alpha value is -2.28. The van der Waals surface area contributed by atoms with E-state index in [-0.39, 0.29) is 0 Å². The summed E-state index contributed by atoms with van der Waals surface area (Å²) >= 11 is 0. The fourth-order valence-corrected chi connectivity index (χ4v) is 3.51. The van der Waals surface area contributed by atoms with Crippen molar-refractivity contribution in [3.05, 3.63) is 88.5 Å². The van der Waals surface area contributed by atoms with Gasteiger partial charge in [0.05, 0.1) is 0 Å². The van der Waals surface area contributed by atoms with Crippen molar-refractivity contribution >= 4 is 0 Å². The molecule has 1 atom stereocenters. The van der Waals surface area contributed by atoms with E-state index >= 15 is 0 Å². The molecule has 2 aromatic carbocycles. The second kappa shape index (κ2) is 13.2. The van der Waals surface area contributed by atoms with Crippen LogP contribution < -0.4 is 0 Å². The van der Waals surface area contributed by atoms with Gasteiger partial charge < -0.3 is 5.11 Å². The zero-order valence-electron chi connectivity index (χ0n) is 21.1. The first-order valence-corrected chi connectivity index (χ1v) is 11.7. The molecular formula is C30H44O. The van der Waals surface area contributed by atoms with Gasteiger partial charge in [-0.05, 0) is 87.5 Å². The van der Waals surface area contributed by atoms with Gasteiger partial charge in [0.2, 0.25) is 0 Å². The van der Waals surface area contributed by atoms with Crippen LogP contribution in [-0.4, -0.2) is 5.11 Å². The van der Waals surface area contributed by atoms with E-state index in [1.165, 1.54) is 36.0 Å². The van der Waals surface area contributed by atoms with Crippen LogP contribution in [0.2, 0.25) is 0 Å². The minimum atomic E-state index is 0.399. The Morgan fingerprint density at radius 3 is 1.90 bits per heavy atom. The van der Waals surface area contributed by atoms with Crippen LogP contribution in [0, 0.1) is 19.8 Å². The Morgan fingerprint density at radius 2 is 1.48 bits per heavy atom. The summed E-state index contributed by atoms with van der Waals surface area (Å²) in [6, 6.07) is 14.5. The first-order valence-electron chi connectivity index (χ1n) is 11.7. The van der Waals surface area contributed by atoms with Gasteiger partial charge in [0.15, 0.2) is 0 Å². The smallest absolute Gasteiger partial charge is 0.119 e. The SMILES string of the molecule is C=C(C)[C@H]1CC=C(C)CC1.Cc1ccc(C(C)C)c(O)c1.Cc1ccc(C(C)C)cc1. The molecule has 0 bridgehead atoms. The van der Waals surface area contributed by atoms with E-state index in [0.717, 1.165) is 17.0 Å². The molecule has 1 heteroatoms. The zero-order valence-corrected chi connectivity index (χ0v) is 21.1. The predicted molar refractivity (Wildman–Crippen MR) is 138 cm³/mol. The second-order valence-corrected chi connectivity index (χ2v) is 9.65. The van der Waals surface area contributed by atoms with Gasteiger partial charge in [-0.1, -0.05) is 93.5 Å². The molecule has 0 amide bonds. The van der Waals surface area contributed by atoms with Crippen molar-refractivity contribution in [3.8, 4) is 5.75 Å². The molecule has 0 heterocycles. The standard InChI is InChI=1S/C10H14O.C10H16.C10H14/c1-7(2)9-5-4-8(3)6-10(9)11;2*1-8(2)10-6-4-9(3)5-7-10/h4-7,11H,1-3H3;4,10H,1,5-7H2,2-3H3;4-8H,1-3H3/t;10-;/m.0./s1. The third-order valence-corrected chi connectivity index (χ3v) is 5.89. The summed E-state index contributed by atoms with van der Waals surface area (Å²) in [5.74, 6) is 2.24. The average molecular weight is 421 g/mol. The summed E-state index contributed by atoms with van der Waals surface area (Å²) < 4.78 is 0. The fourth-order valence-electron chi connectivity index (χ4n) is 3.51. The van der Waals surface area contributed by atoms with E-state index in [9.17, 15) is 5.11 Å². The van der Waals surface area contributed by atoms with Crippen LogP contribution in [0.25, 0.3) is 0 Å². The lowest BCUT2D eigenvalue weighted by Gasteiger charge is -2.19. The van der Waals surface area contributed by atoms with Crippen LogP contribution in [0.4, 0.5) is 0 Å². The van der Waals surface area contributed by atoms with E-state index in [4.69, 9.17) is 0 Å². The van der Waals surface area contributed by atoms with Crippen molar-refractivity contribution in [1.82, 2.24) is 0 Å². The summed E-state index contributed by atoms with van der Waals surface area (Å²) in [5, 5.41) is 9.46. The largest absolute Gasteiger partial charge is 0.508 e. The van der Waals surface area contributed by atoms with Crippen LogP contribution in [0.15, 0.2) is 66.3 Å². The Morgan fingerprint density at radius 1 is 0.903 bits per heavy atom. The van der Waals surface area contributed by atoms with Gasteiger partial charge in [0.25, 0.3) is 0 Å². The maximum absolute atomic E-state index is 9.46. The molecule has 0 saturated carbocycles. The van der Waals surface area contributed by atoms with Gasteiger partial charge in [-0.3, -0.25) is 0 Å². The molecule has 1 nitrogen and oxygen atoms in total. The highest BCUT2D eigenvalue weighted by molar-refractivity contribution is 5.37. The number of hydrogen-bond acceptors (Lipinski definition) is 1. The van der Waals surface area contributed by atoms with Crippen LogP contribution in [0.1, 0.15) is 94.9 Å². The zero-order chi connectivity index (χ0) is 23.6. The quantitative estimate of drug-likeness (QED) is 0.490. The first kappa shape index (κ1) is 26.8. The number of benzene rings is 2. The van der Waals surface area contributed by atoms with Gasteiger partial charge in [-0.15, -0.1) is 0 Å². The molecule has 0 spiro atoms. The number of phenols is 1. The third kappa shape index (κ3) is 10.0. The number of allylic oxidation sites excluding steroid dienone is 3. The Bertz CT molecular complexity index is 837. The third-order valence-electron chi connectivity index (χ3n) is 5.89. The summed E-state index contributed by atoms with van der Waals surface area (Å²) in [6.45, 7) is 21.0. The second-order valence-electron chi connectivity index (χ2n) is 9.65. The lowest BCUT2D eigenvalue weighted by atomic mass is 9.86. The minimum Gasteiger partial charge on any atom is -0.508 e. The minimum absolute atomic E-state index is 0.399. The lowest BCUT2D eigenvalue weighted by Crippen LogP contribution is -2.04. The summed E-state index contributed by atoms with van der Waals surface area (Å²) in [4.78, 5) is 0. The Balaban J connectivity index is 0.000000233. The molecule has 2 aromatic rings. The van der Waals surface area contributed by atoms with Crippen LogP contribution >= 0.6 is 0 Å². The number of rotatable bonds is 3. The average Bonchev–Trinajstić information content (AvgIpc) is 2.69. The number of hydrogen-bond donors (Lipinski definition) is 1. The lowest BCUT2D eigenvalue weighted by molar-refractivity contribution is 0.464. The number of phenolic OH excluding ortho intramolecular Hbond substituents is 1. The normalized spacial score (nSPS) is 15.4. The number of aryl methyl sites for hydroxylation is 2. The fraction of sp³-hybridized carbons (Fsp3) is 0.467. The number of aromatic hydroxyl groups is 1. The summed E-state index contributed by atoms with van der Waals surface area (Å²) in [7, 11) is 0. The topological polar surface area (TPSA) is 20.2 Å². The monoisotopic (exact) mass is 420 g/mol. The predicted octanol–water partition coefficient (Wildman–Crippen LogP) is 9.25. The van der Waals surface area contributed by atoms with Crippen molar-refractivity contribution in [2.75, 3.05) is 0 Å². The van der Waals surface area contributed by atoms with E-state index in [2.05, 4.69) is 85.4 Å². The van der Waals surface area contributed by atoms with Crippen LogP contribution in [0.3, 0.4) is 0 Å². The molecular weight excluding hydrogens is 376 g/mol.